The average Bonchev–Trinajstić information content (AvgIpc) is 2.95. The third kappa shape index (κ3) is 10.3. The number of unbranched alkanes of at least 4 members (excludes halogenated alkanes) is 3. The summed E-state index contributed by atoms with van der Waals surface area (Å²) in [7, 11) is 0. The summed E-state index contributed by atoms with van der Waals surface area (Å²) in [6.45, 7) is 9.41. The monoisotopic (exact) mass is 603 g/mol. The SMILES string of the molecule is CCCCCCN(C(=O)C(Cc1ccc(O)cc1)NC(=O)OC(C)(C)C)C(C(=O)Nc1ccccc1C)c1cccc(O)c1. The quantitative estimate of drug-likeness (QED) is 0.162. The van der Waals surface area contributed by atoms with Crippen LogP contribution in [0.1, 0.15) is 76.1 Å². The van der Waals surface area contributed by atoms with Crippen LogP contribution >= 0.6 is 0 Å². The Balaban J connectivity index is 2.08. The standard InChI is InChI=1S/C35H45N3O6/c1-6-7-8-11-21-38(31(26-14-12-15-28(40)23-26)32(41)36-29-16-10-9-13-24(29)2)33(42)30(37-34(43)44-35(3,4)5)22-25-17-19-27(39)20-18-25/h9-10,12-20,23,30-31,39-40H,6-8,11,21-22H2,1-5H3,(H,36,41)(H,37,43). The number of hydrogen-bond acceptors (Lipinski definition) is 6. The first-order chi connectivity index (χ1) is 20.9. The van der Waals surface area contributed by atoms with Crippen molar-refractivity contribution in [2.45, 2.75) is 84.4 Å². The molecule has 4 N–H and O–H groups in total. The molecule has 0 heterocycles. The van der Waals surface area contributed by atoms with Crippen LogP contribution < -0.4 is 10.6 Å². The number of nitrogens with one attached hydrogen (secondary N) is 2. The summed E-state index contributed by atoms with van der Waals surface area (Å²) in [5, 5.41) is 25.9. The number of phenolic OH excluding ortho intramolecular Hbond substituents is 2. The van der Waals surface area contributed by atoms with Gasteiger partial charge in [-0.3, -0.25) is 9.59 Å². The summed E-state index contributed by atoms with van der Waals surface area (Å²) in [6, 6.07) is 17.8. The summed E-state index contributed by atoms with van der Waals surface area (Å²) < 4.78 is 5.50. The molecule has 236 valence electrons. The number of para-hydroxylation sites is 1. The fourth-order valence-electron chi connectivity index (χ4n) is 4.88. The van der Waals surface area contributed by atoms with Gasteiger partial charge in [0, 0.05) is 18.7 Å². The summed E-state index contributed by atoms with van der Waals surface area (Å²) in [4.78, 5) is 43.1. The predicted octanol–water partition coefficient (Wildman–Crippen LogP) is 6.63. The van der Waals surface area contributed by atoms with E-state index in [-0.39, 0.29) is 24.5 Å². The molecule has 2 unspecified atom stereocenters. The van der Waals surface area contributed by atoms with Crippen molar-refractivity contribution in [1.29, 1.82) is 0 Å². The number of carbonyl (C=O) groups is 3. The molecule has 0 aliphatic heterocycles. The van der Waals surface area contributed by atoms with Crippen molar-refractivity contribution in [2.75, 3.05) is 11.9 Å². The summed E-state index contributed by atoms with van der Waals surface area (Å²) in [5.41, 5.74) is 1.79. The lowest BCUT2D eigenvalue weighted by Gasteiger charge is -2.35. The molecule has 3 aromatic carbocycles. The minimum absolute atomic E-state index is 0.0397. The van der Waals surface area contributed by atoms with Gasteiger partial charge in [-0.05, 0) is 81.1 Å². The minimum Gasteiger partial charge on any atom is -0.508 e. The number of anilines is 1. The fraction of sp³-hybridized carbons (Fsp3) is 0.400. The summed E-state index contributed by atoms with van der Waals surface area (Å²) in [5.74, 6) is -0.892. The van der Waals surface area contributed by atoms with Crippen molar-refractivity contribution < 1.29 is 29.3 Å². The average molecular weight is 604 g/mol. The van der Waals surface area contributed by atoms with Gasteiger partial charge >= 0.3 is 6.09 Å². The molecular weight excluding hydrogens is 558 g/mol. The molecule has 0 aromatic heterocycles. The van der Waals surface area contributed by atoms with Gasteiger partial charge in [0.2, 0.25) is 5.91 Å². The summed E-state index contributed by atoms with van der Waals surface area (Å²) in [6.07, 6.45) is 2.75. The number of phenols is 2. The van der Waals surface area contributed by atoms with Crippen LogP contribution in [-0.4, -0.2) is 51.2 Å². The molecular formula is C35H45N3O6. The third-order valence-electron chi connectivity index (χ3n) is 7.05. The minimum atomic E-state index is -1.11. The zero-order valence-corrected chi connectivity index (χ0v) is 26.3. The molecule has 0 bridgehead atoms. The Bertz CT molecular complexity index is 1400. The molecule has 9 heteroatoms. The highest BCUT2D eigenvalue weighted by molar-refractivity contribution is 5.99. The molecule has 44 heavy (non-hydrogen) atoms. The Labute approximate surface area is 260 Å². The molecule has 2 atom stereocenters. The van der Waals surface area contributed by atoms with Crippen molar-refractivity contribution in [1.82, 2.24) is 10.2 Å². The molecule has 9 nitrogen and oxygen atoms in total. The van der Waals surface area contributed by atoms with Crippen LogP contribution in [0.4, 0.5) is 10.5 Å². The predicted molar refractivity (Wildman–Crippen MR) is 171 cm³/mol. The van der Waals surface area contributed by atoms with Crippen LogP contribution in [0.2, 0.25) is 0 Å². The molecule has 3 aromatic rings. The van der Waals surface area contributed by atoms with E-state index >= 15 is 0 Å². The number of aromatic hydroxyl groups is 2. The van der Waals surface area contributed by atoms with Crippen molar-refractivity contribution in [2.24, 2.45) is 0 Å². The van der Waals surface area contributed by atoms with Crippen LogP contribution in [0.25, 0.3) is 0 Å². The van der Waals surface area contributed by atoms with Gasteiger partial charge in [0.1, 0.15) is 29.2 Å². The maximum atomic E-state index is 14.6. The van der Waals surface area contributed by atoms with Gasteiger partial charge in [-0.15, -0.1) is 0 Å². The number of benzene rings is 3. The Kier molecular flexibility index (Phi) is 12.2. The van der Waals surface area contributed by atoms with Crippen molar-refractivity contribution in [3.8, 4) is 11.5 Å². The van der Waals surface area contributed by atoms with Gasteiger partial charge in [-0.2, -0.15) is 0 Å². The molecule has 0 spiro atoms. The van der Waals surface area contributed by atoms with E-state index in [1.165, 1.54) is 29.2 Å². The Morgan fingerprint density at radius 2 is 1.59 bits per heavy atom. The maximum Gasteiger partial charge on any atom is 0.408 e. The second-order valence-electron chi connectivity index (χ2n) is 12.0. The van der Waals surface area contributed by atoms with Gasteiger partial charge in [0.05, 0.1) is 0 Å². The highest BCUT2D eigenvalue weighted by atomic mass is 16.6. The van der Waals surface area contributed by atoms with Crippen LogP contribution in [0.3, 0.4) is 0 Å². The molecule has 0 saturated heterocycles. The topological polar surface area (TPSA) is 128 Å². The van der Waals surface area contributed by atoms with Crippen LogP contribution in [-0.2, 0) is 20.7 Å². The van der Waals surface area contributed by atoms with Gasteiger partial charge < -0.3 is 30.5 Å². The second kappa shape index (κ2) is 15.8. The Morgan fingerprint density at radius 3 is 2.23 bits per heavy atom. The normalized spacial score (nSPS) is 12.6. The van der Waals surface area contributed by atoms with Gasteiger partial charge in [-0.25, -0.2) is 4.79 Å². The molecule has 3 rings (SSSR count). The zero-order valence-electron chi connectivity index (χ0n) is 26.3. The fourth-order valence-corrected chi connectivity index (χ4v) is 4.88. The van der Waals surface area contributed by atoms with E-state index < -0.39 is 35.6 Å². The largest absolute Gasteiger partial charge is 0.508 e. The number of aryl methyl sites for hydroxylation is 1. The molecule has 0 saturated carbocycles. The molecule has 0 aliphatic carbocycles. The van der Waals surface area contributed by atoms with Gasteiger partial charge in [0.15, 0.2) is 0 Å². The molecule has 0 fully saturated rings. The first kappa shape index (κ1) is 34.0. The molecule has 3 amide bonds. The highest BCUT2D eigenvalue weighted by Crippen LogP contribution is 2.29. The van der Waals surface area contributed by atoms with Crippen molar-refractivity contribution in [3.05, 3.63) is 89.5 Å². The lowest BCUT2D eigenvalue weighted by atomic mass is 9.99. The van der Waals surface area contributed by atoms with Crippen LogP contribution in [0.5, 0.6) is 11.5 Å². The van der Waals surface area contributed by atoms with Crippen LogP contribution in [0.15, 0.2) is 72.8 Å². The van der Waals surface area contributed by atoms with E-state index in [1.54, 1.807) is 51.1 Å². The van der Waals surface area contributed by atoms with Gasteiger partial charge in [-0.1, -0.05) is 68.7 Å². The smallest absolute Gasteiger partial charge is 0.408 e. The highest BCUT2D eigenvalue weighted by Gasteiger charge is 2.36. The zero-order chi connectivity index (χ0) is 32.3. The van der Waals surface area contributed by atoms with E-state index in [4.69, 9.17) is 4.74 Å². The maximum absolute atomic E-state index is 14.6. The van der Waals surface area contributed by atoms with E-state index in [2.05, 4.69) is 17.6 Å². The van der Waals surface area contributed by atoms with Crippen molar-refractivity contribution >= 4 is 23.6 Å². The Morgan fingerprint density at radius 1 is 0.886 bits per heavy atom. The van der Waals surface area contributed by atoms with E-state index in [0.29, 0.717) is 23.2 Å². The number of ether oxygens (including phenoxy) is 1. The first-order valence-electron chi connectivity index (χ1n) is 15.1. The number of nitrogens with zero attached hydrogens (tertiary/aromatic N) is 1. The first-order valence-corrected chi connectivity index (χ1v) is 15.1. The summed E-state index contributed by atoms with van der Waals surface area (Å²) >= 11 is 0. The number of amides is 3. The van der Waals surface area contributed by atoms with Gasteiger partial charge in [0.25, 0.3) is 5.91 Å². The second-order valence-corrected chi connectivity index (χ2v) is 12.0. The number of hydrogen-bond donors (Lipinski definition) is 4. The van der Waals surface area contributed by atoms with E-state index in [1.807, 2.05) is 25.1 Å². The van der Waals surface area contributed by atoms with Crippen molar-refractivity contribution in [3.63, 3.8) is 0 Å². The molecule has 0 radical (unpaired) electrons. The lowest BCUT2D eigenvalue weighted by Crippen LogP contribution is -2.53. The Hall–Kier alpha value is -4.53. The number of alkyl carbamates (subject to hydrolysis) is 1. The van der Waals surface area contributed by atoms with Crippen LogP contribution in [0, 0.1) is 6.92 Å². The number of carbonyl (C=O) groups excluding carboxylic acids is 3. The number of rotatable bonds is 13. The molecule has 0 aliphatic rings. The third-order valence-corrected chi connectivity index (χ3v) is 7.05. The lowest BCUT2D eigenvalue weighted by molar-refractivity contribution is -0.140. The van der Waals surface area contributed by atoms with E-state index in [9.17, 15) is 24.6 Å². The van der Waals surface area contributed by atoms with E-state index in [0.717, 1.165) is 24.8 Å².